The van der Waals surface area contributed by atoms with Crippen molar-refractivity contribution in [3.63, 3.8) is 0 Å². The second kappa shape index (κ2) is 4.79. The van der Waals surface area contributed by atoms with Gasteiger partial charge in [-0.05, 0) is 42.9 Å². The summed E-state index contributed by atoms with van der Waals surface area (Å²) < 4.78 is 0. The molecule has 0 amide bonds. The quantitative estimate of drug-likeness (QED) is 0.693. The Morgan fingerprint density at radius 1 is 1.36 bits per heavy atom. The Balaban J connectivity index is 2.59. The average molecular weight is 212 g/mol. The number of alkyl halides is 1. The Morgan fingerprint density at radius 3 is 2.43 bits per heavy atom. The Hall–Kier alpha value is -0.560. The Morgan fingerprint density at radius 2 is 1.93 bits per heavy atom. The number of rotatable bonds is 4. The van der Waals surface area contributed by atoms with Crippen LogP contribution in [0.2, 0.25) is 0 Å². The van der Waals surface area contributed by atoms with Crippen LogP contribution in [-0.2, 0) is 6.42 Å². The lowest BCUT2D eigenvalue weighted by Gasteiger charge is -2.25. The third-order valence-electron chi connectivity index (χ3n) is 2.27. The minimum atomic E-state index is 0.242. The standard InChI is InChI=1S/C12H18ClN/c1-10(13)8-12(2,3)9-11-4-6-14-7-5-11/h4-7,10H,8-9H2,1-3H3. The van der Waals surface area contributed by atoms with Gasteiger partial charge in [-0.1, -0.05) is 13.8 Å². The van der Waals surface area contributed by atoms with Crippen LogP contribution in [0.15, 0.2) is 24.5 Å². The molecule has 1 atom stereocenters. The molecule has 14 heavy (non-hydrogen) atoms. The van der Waals surface area contributed by atoms with E-state index in [1.807, 2.05) is 12.4 Å². The van der Waals surface area contributed by atoms with Crippen molar-refractivity contribution in [3.05, 3.63) is 30.1 Å². The molecule has 0 saturated heterocycles. The van der Waals surface area contributed by atoms with Crippen LogP contribution in [0.4, 0.5) is 0 Å². The van der Waals surface area contributed by atoms with Crippen LogP contribution in [0.25, 0.3) is 0 Å². The maximum atomic E-state index is 6.02. The van der Waals surface area contributed by atoms with Crippen LogP contribution in [-0.4, -0.2) is 10.4 Å². The minimum absolute atomic E-state index is 0.242. The summed E-state index contributed by atoms with van der Waals surface area (Å²) in [4.78, 5) is 4.01. The molecule has 0 aliphatic heterocycles. The van der Waals surface area contributed by atoms with Gasteiger partial charge in [-0.2, -0.15) is 0 Å². The maximum absolute atomic E-state index is 6.02. The Kier molecular flexibility index (Phi) is 3.94. The Bertz CT molecular complexity index is 267. The zero-order valence-corrected chi connectivity index (χ0v) is 9.88. The minimum Gasteiger partial charge on any atom is -0.265 e. The SMILES string of the molecule is CC(Cl)CC(C)(C)Cc1ccncc1. The van der Waals surface area contributed by atoms with Crippen LogP contribution in [0.1, 0.15) is 32.8 Å². The topological polar surface area (TPSA) is 12.9 Å². The number of halogens is 1. The molecule has 1 unspecified atom stereocenters. The molecule has 0 fully saturated rings. The van der Waals surface area contributed by atoms with E-state index < -0.39 is 0 Å². The summed E-state index contributed by atoms with van der Waals surface area (Å²) in [5.74, 6) is 0. The molecule has 0 N–H and O–H groups in total. The highest BCUT2D eigenvalue weighted by Gasteiger charge is 2.20. The molecule has 0 spiro atoms. The summed E-state index contributed by atoms with van der Waals surface area (Å²) in [6.07, 6.45) is 5.79. The van der Waals surface area contributed by atoms with Gasteiger partial charge in [0, 0.05) is 17.8 Å². The summed E-state index contributed by atoms with van der Waals surface area (Å²) >= 11 is 6.02. The molecule has 1 nitrogen and oxygen atoms in total. The van der Waals surface area contributed by atoms with Crippen molar-refractivity contribution < 1.29 is 0 Å². The molecule has 0 aliphatic rings. The monoisotopic (exact) mass is 211 g/mol. The fourth-order valence-electron chi connectivity index (χ4n) is 1.89. The van der Waals surface area contributed by atoms with Crippen molar-refractivity contribution in [1.82, 2.24) is 4.98 Å². The van der Waals surface area contributed by atoms with Crippen molar-refractivity contribution in [2.75, 3.05) is 0 Å². The van der Waals surface area contributed by atoms with Gasteiger partial charge in [0.2, 0.25) is 0 Å². The lowest BCUT2D eigenvalue weighted by Crippen LogP contribution is -2.18. The maximum Gasteiger partial charge on any atom is 0.0313 e. The summed E-state index contributed by atoms with van der Waals surface area (Å²) in [5.41, 5.74) is 1.60. The first-order valence-corrected chi connectivity index (χ1v) is 5.46. The highest BCUT2D eigenvalue weighted by atomic mass is 35.5. The van der Waals surface area contributed by atoms with Crippen LogP contribution in [0, 0.1) is 5.41 Å². The predicted octanol–water partition coefficient (Wildman–Crippen LogP) is 3.67. The van der Waals surface area contributed by atoms with Crippen molar-refractivity contribution in [2.24, 2.45) is 5.41 Å². The van der Waals surface area contributed by atoms with E-state index in [0.29, 0.717) is 0 Å². The Labute approximate surface area is 91.5 Å². The zero-order valence-electron chi connectivity index (χ0n) is 9.13. The molecule has 0 saturated carbocycles. The van der Waals surface area contributed by atoms with Gasteiger partial charge in [-0.3, -0.25) is 4.98 Å². The average Bonchev–Trinajstić information content (AvgIpc) is 2.02. The molecule has 78 valence electrons. The molecule has 0 aliphatic carbocycles. The van der Waals surface area contributed by atoms with Crippen molar-refractivity contribution in [1.29, 1.82) is 0 Å². The van der Waals surface area contributed by atoms with E-state index in [1.165, 1.54) is 5.56 Å². The molecule has 0 radical (unpaired) electrons. The van der Waals surface area contributed by atoms with Crippen LogP contribution < -0.4 is 0 Å². The molecule has 1 heterocycles. The number of hydrogen-bond acceptors (Lipinski definition) is 1. The van der Waals surface area contributed by atoms with Gasteiger partial charge in [0.05, 0.1) is 0 Å². The van der Waals surface area contributed by atoms with Gasteiger partial charge < -0.3 is 0 Å². The van der Waals surface area contributed by atoms with Crippen LogP contribution in [0.5, 0.6) is 0 Å². The molecular formula is C12H18ClN. The number of hydrogen-bond donors (Lipinski definition) is 0. The van der Waals surface area contributed by atoms with Gasteiger partial charge in [0.1, 0.15) is 0 Å². The van der Waals surface area contributed by atoms with E-state index in [4.69, 9.17) is 11.6 Å². The third-order valence-corrected chi connectivity index (χ3v) is 2.42. The van der Waals surface area contributed by atoms with E-state index in [9.17, 15) is 0 Å². The molecular weight excluding hydrogens is 194 g/mol. The number of aromatic nitrogens is 1. The summed E-state index contributed by atoms with van der Waals surface area (Å²) in [7, 11) is 0. The third kappa shape index (κ3) is 4.10. The number of pyridine rings is 1. The summed E-state index contributed by atoms with van der Waals surface area (Å²) in [6, 6.07) is 4.14. The predicted molar refractivity (Wildman–Crippen MR) is 61.7 cm³/mol. The van der Waals surface area contributed by atoms with E-state index in [1.54, 1.807) is 0 Å². The normalized spacial score (nSPS) is 14.0. The second-order valence-electron chi connectivity index (χ2n) is 4.68. The van der Waals surface area contributed by atoms with Gasteiger partial charge in [0.25, 0.3) is 0 Å². The van der Waals surface area contributed by atoms with Gasteiger partial charge in [0.15, 0.2) is 0 Å². The summed E-state index contributed by atoms with van der Waals surface area (Å²) in [6.45, 7) is 6.56. The van der Waals surface area contributed by atoms with Crippen molar-refractivity contribution >= 4 is 11.6 Å². The van der Waals surface area contributed by atoms with E-state index in [-0.39, 0.29) is 10.8 Å². The van der Waals surface area contributed by atoms with Crippen LogP contribution >= 0.6 is 11.6 Å². The molecule has 1 rings (SSSR count). The molecule has 0 bridgehead atoms. The van der Waals surface area contributed by atoms with Crippen molar-refractivity contribution in [2.45, 2.75) is 39.0 Å². The first-order chi connectivity index (χ1) is 6.49. The molecule has 1 aromatic rings. The van der Waals surface area contributed by atoms with Gasteiger partial charge >= 0.3 is 0 Å². The first-order valence-electron chi connectivity index (χ1n) is 5.02. The molecule has 0 aromatic carbocycles. The second-order valence-corrected chi connectivity index (χ2v) is 5.43. The van der Waals surface area contributed by atoms with E-state index in [2.05, 4.69) is 37.9 Å². The fraction of sp³-hybridized carbons (Fsp3) is 0.583. The van der Waals surface area contributed by atoms with Crippen molar-refractivity contribution in [3.8, 4) is 0 Å². The first kappa shape index (κ1) is 11.5. The molecule has 1 aromatic heterocycles. The highest BCUT2D eigenvalue weighted by molar-refractivity contribution is 6.20. The fourth-order valence-corrected chi connectivity index (χ4v) is 2.30. The molecule has 2 heteroatoms. The van der Waals surface area contributed by atoms with Crippen LogP contribution in [0.3, 0.4) is 0 Å². The lowest BCUT2D eigenvalue weighted by atomic mass is 9.82. The van der Waals surface area contributed by atoms with E-state index >= 15 is 0 Å². The van der Waals surface area contributed by atoms with E-state index in [0.717, 1.165) is 12.8 Å². The highest BCUT2D eigenvalue weighted by Crippen LogP contribution is 2.28. The smallest absolute Gasteiger partial charge is 0.0313 e. The van der Waals surface area contributed by atoms with Gasteiger partial charge in [-0.25, -0.2) is 0 Å². The van der Waals surface area contributed by atoms with Gasteiger partial charge in [-0.15, -0.1) is 11.6 Å². The zero-order chi connectivity index (χ0) is 10.6. The lowest BCUT2D eigenvalue weighted by molar-refractivity contribution is 0.331. The summed E-state index contributed by atoms with van der Waals surface area (Å²) in [5, 5.41) is 0.242. The largest absolute Gasteiger partial charge is 0.265 e. The number of nitrogens with zero attached hydrogens (tertiary/aromatic N) is 1.